The number of methoxy groups -OCH3 is 2. The van der Waals surface area contributed by atoms with Gasteiger partial charge in [0.25, 0.3) is 0 Å². The SMILES string of the molecule is CC[C@H](C)[C@@H]([C@@H](CC(=O)N1CCC[C@H]1[C@H](OC)[C@@H](C)C(=O)N[C@@H](Cc1ccccc1)C(=O)N(C)Cc1ccc(NC(=O)[C@H](CCCNC(N)=O)NC(=O)[C@@H](NC(=O)CCC(=O)N2CCC(C)(C(=O)O)CC2)C(C)C)cc1)OC)N(C)C(=O)[C@@H](NC(=O)[C@H](C(C)C)N(C)C)C(C)C. The van der Waals surface area contributed by atoms with Gasteiger partial charge in [-0.1, -0.05) is 111 Å². The van der Waals surface area contributed by atoms with Gasteiger partial charge in [-0.3, -0.25) is 52.8 Å². The Bertz CT molecular complexity index is 2910. The van der Waals surface area contributed by atoms with Gasteiger partial charge in [0.2, 0.25) is 53.2 Å². The van der Waals surface area contributed by atoms with Gasteiger partial charge in [0.15, 0.2) is 0 Å². The van der Waals surface area contributed by atoms with E-state index in [4.69, 9.17) is 15.2 Å². The number of nitrogens with zero attached hydrogens (tertiary/aromatic N) is 5. The van der Waals surface area contributed by atoms with E-state index in [1.165, 1.54) is 19.1 Å². The third-order valence-corrected chi connectivity index (χ3v) is 19.0. The van der Waals surface area contributed by atoms with Crippen LogP contribution in [0.5, 0.6) is 0 Å². The number of amides is 11. The van der Waals surface area contributed by atoms with Crippen molar-refractivity contribution in [2.24, 2.45) is 40.7 Å². The van der Waals surface area contributed by atoms with Crippen LogP contribution in [0.3, 0.4) is 0 Å². The summed E-state index contributed by atoms with van der Waals surface area (Å²) in [6.45, 7) is 19.6. The third kappa shape index (κ3) is 23.3. The highest BCUT2D eigenvalue weighted by Gasteiger charge is 2.45. The molecule has 0 aromatic heterocycles. The number of carboxylic acids is 1. The van der Waals surface area contributed by atoms with Crippen LogP contribution in [-0.2, 0) is 70.4 Å². The average molecular weight is 1350 g/mol. The van der Waals surface area contributed by atoms with Crippen LogP contribution in [0, 0.1) is 35.0 Å². The number of ether oxygens (including phenoxy) is 2. The molecule has 2 saturated heterocycles. The summed E-state index contributed by atoms with van der Waals surface area (Å²) in [5.74, 6) is -6.27. The van der Waals surface area contributed by atoms with Crippen LogP contribution < -0.4 is 37.6 Å². The number of benzene rings is 2. The maximum Gasteiger partial charge on any atom is 0.312 e. The van der Waals surface area contributed by atoms with Gasteiger partial charge < -0.3 is 71.8 Å². The number of rotatable bonds is 37. The standard InChI is InChI=1S/C70H112N12O14/c1-17-45(8)60(80(14)67(91)58(43(4)5)77-65(89)59(44(6)7)78(11)12)53(95-15)40-56(85)82-36-22-26-52(82)61(96-16)46(9)62(86)75-51(39-47-23-19-18-20-24-47)66(90)79(13)41-48-27-29-49(30-28-48)73-63(87)50(25-21-35-72-69(71)94)74-64(88)57(42(2)3)76-54(83)31-32-55(84)81-37-33-70(10,34-38-81)68(92)93/h18-20,23-24,27-30,42-46,50-53,57-61H,17,21-22,25-26,31-41H2,1-16H3,(H,73,87)(H,74,88)(H,75,86)(H,76,83)(H,77,89)(H,92,93)(H3,71,72,94)/t45-,46+,50-,51-,52-,53+,57-,58-,59-,60-,61+/m0/s1. The second-order valence-electron chi connectivity index (χ2n) is 27.6. The summed E-state index contributed by atoms with van der Waals surface area (Å²) in [5.41, 5.74) is 6.18. The summed E-state index contributed by atoms with van der Waals surface area (Å²) in [6.07, 6.45) is 0.965. The molecule has 2 aromatic rings. The lowest BCUT2D eigenvalue weighted by Gasteiger charge is -2.41. The number of hydrogen-bond donors (Lipinski definition) is 8. The molecule has 0 aliphatic carbocycles. The molecule has 0 radical (unpaired) electrons. The smallest absolute Gasteiger partial charge is 0.312 e. The number of primary amides is 1. The predicted octanol–water partition coefficient (Wildman–Crippen LogP) is 4.53. The number of carbonyl (C=O) groups excluding carboxylic acids is 10. The van der Waals surface area contributed by atoms with Gasteiger partial charge in [0.05, 0.1) is 48.1 Å². The van der Waals surface area contributed by atoms with Crippen molar-refractivity contribution in [2.45, 2.75) is 201 Å². The average Bonchev–Trinajstić information content (AvgIpc) is 1.77. The minimum Gasteiger partial charge on any atom is -0.481 e. The zero-order chi connectivity index (χ0) is 71.9. The highest BCUT2D eigenvalue weighted by molar-refractivity contribution is 5.99. The molecule has 9 N–H and O–H groups in total. The highest BCUT2D eigenvalue weighted by Crippen LogP contribution is 2.33. The third-order valence-electron chi connectivity index (χ3n) is 19.0. The highest BCUT2D eigenvalue weighted by atomic mass is 16.5. The van der Waals surface area contributed by atoms with E-state index in [2.05, 4.69) is 31.9 Å². The van der Waals surface area contributed by atoms with Crippen LogP contribution in [0.15, 0.2) is 54.6 Å². The Morgan fingerprint density at radius 3 is 1.84 bits per heavy atom. The molecule has 2 aromatic carbocycles. The van der Waals surface area contributed by atoms with Crippen molar-refractivity contribution in [3.8, 4) is 0 Å². The molecule has 2 fully saturated rings. The van der Waals surface area contributed by atoms with Gasteiger partial charge in [-0.05, 0) is 106 Å². The van der Waals surface area contributed by atoms with Crippen LogP contribution in [0.1, 0.15) is 145 Å². The van der Waals surface area contributed by atoms with Crippen molar-refractivity contribution in [1.82, 2.24) is 51.1 Å². The lowest BCUT2D eigenvalue weighted by Crippen LogP contribution is -2.59. The van der Waals surface area contributed by atoms with E-state index < -0.39 is 107 Å². The molecule has 11 atom stereocenters. The van der Waals surface area contributed by atoms with E-state index in [1.807, 2.05) is 90.9 Å². The van der Waals surface area contributed by atoms with Gasteiger partial charge in [-0.2, -0.15) is 0 Å². The summed E-state index contributed by atoms with van der Waals surface area (Å²) in [6, 6.07) is 9.63. The number of nitrogens with one attached hydrogen (secondary N) is 6. The molecule has 11 amide bonds. The van der Waals surface area contributed by atoms with Crippen LogP contribution >= 0.6 is 0 Å². The van der Waals surface area contributed by atoms with Crippen LogP contribution in [-0.4, -0.2) is 218 Å². The Balaban J connectivity index is 1.46. The number of hydrogen-bond acceptors (Lipinski definition) is 14. The molecule has 26 heteroatoms. The monoisotopic (exact) mass is 1340 g/mol. The van der Waals surface area contributed by atoms with E-state index in [1.54, 1.807) is 80.8 Å². The molecule has 26 nitrogen and oxygen atoms in total. The number of likely N-dealkylation sites (N-methyl/N-ethyl adjacent to an activating group) is 3. The number of urea groups is 1. The van der Waals surface area contributed by atoms with E-state index in [-0.39, 0.29) is 125 Å². The fourth-order valence-corrected chi connectivity index (χ4v) is 13.0. The zero-order valence-corrected chi connectivity index (χ0v) is 59.7. The number of carbonyl (C=O) groups is 11. The summed E-state index contributed by atoms with van der Waals surface area (Å²) in [5, 5.41) is 26.4. The van der Waals surface area contributed by atoms with Crippen LogP contribution in [0.2, 0.25) is 0 Å². The Labute approximate surface area is 568 Å². The summed E-state index contributed by atoms with van der Waals surface area (Å²) < 4.78 is 12.2. The van der Waals surface area contributed by atoms with Crippen molar-refractivity contribution < 1.29 is 67.3 Å². The van der Waals surface area contributed by atoms with Crippen molar-refractivity contribution in [3.63, 3.8) is 0 Å². The molecule has 0 saturated carbocycles. The number of carboxylic acid groups (broad SMARTS) is 1. The molecule has 96 heavy (non-hydrogen) atoms. The first kappa shape index (κ1) is 80.7. The number of nitrogens with two attached hydrogens (primary N) is 1. The minimum absolute atomic E-state index is 0.00846. The molecule has 0 bridgehead atoms. The first-order chi connectivity index (χ1) is 45.2. The fraction of sp³-hybridized carbons (Fsp3) is 0.671. The molecule has 536 valence electrons. The van der Waals surface area contributed by atoms with E-state index in [0.29, 0.717) is 37.1 Å². The second kappa shape index (κ2) is 38.3. The molecule has 2 aliphatic heterocycles. The number of piperidine rings is 1. The van der Waals surface area contributed by atoms with Crippen LogP contribution in [0.25, 0.3) is 0 Å². The van der Waals surface area contributed by atoms with Gasteiger partial charge in [-0.15, -0.1) is 0 Å². The van der Waals surface area contributed by atoms with Gasteiger partial charge >= 0.3 is 12.0 Å². The Kier molecular flexibility index (Phi) is 32.2. The minimum atomic E-state index is -1.14. The van der Waals surface area contributed by atoms with Crippen molar-refractivity contribution in [3.05, 3.63) is 65.7 Å². The molecule has 2 aliphatic rings. The summed E-state index contributed by atoms with van der Waals surface area (Å²) in [4.78, 5) is 157. The molecule has 0 spiro atoms. The molecule has 0 unspecified atom stereocenters. The lowest BCUT2D eigenvalue weighted by atomic mass is 9.80. The zero-order valence-electron chi connectivity index (χ0n) is 59.7. The van der Waals surface area contributed by atoms with Gasteiger partial charge in [0, 0.05) is 86.0 Å². The van der Waals surface area contributed by atoms with Crippen molar-refractivity contribution in [2.75, 3.05) is 73.9 Å². The Morgan fingerprint density at radius 2 is 1.30 bits per heavy atom. The maximum absolute atomic E-state index is 14.7. The molecular formula is C70H112N12O14. The van der Waals surface area contributed by atoms with E-state index in [0.717, 1.165) is 5.56 Å². The Hall–Kier alpha value is -7.71. The van der Waals surface area contributed by atoms with Crippen molar-refractivity contribution >= 4 is 70.9 Å². The first-order valence-electron chi connectivity index (χ1n) is 33.9. The largest absolute Gasteiger partial charge is 0.481 e. The fourth-order valence-electron chi connectivity index (χ4n) is 13.0. The number of aliphatic carboxylic acids is 1. The number of likely N-dealkylation sites (tertiary alicyclic amines) is 2. The summed E-state index contributed by atoms with van der Waals surface area (Å²) in [7, 11) is 10.0. The Morgan fingerprint density at radius 1 is 0.688 bits per heavy atom. The van der Waals surface area contributed by atoms with E-state index in [9.17, 15) is 57.8 Å². The molecule has 4 rings (SSSR count). The lowest BCUT2D eigenvalue weighted by molar-refractivity contribution is -0.153. The van der Waals surface area contributed by atoms with Crippen molar-refractivity contribution in [1.29, 1.82) is 0 Å². The topological polar surface area (TPSA) is 341 Å². The van der Waals surface area contributed by atoms with Gasteiger partial charge in [0.1, 0.15) is 24.2 Å². The first-order valence-corrected chi connectivity index (χ1v) is 33.9. The number of anilines is 1. The molecular weight excluding hydrogens is 1230 g/mol. The predicted molar refractivity (Wildman–Crippen MR) is 365 cm³/mol. The molecule has 2 heterocycles. The maximum atomic E-state index is 14.7. The summed E-state index contributed by atoms with van der Waals surface area (Å²) >= 11 is 0. The van der Waals surface area contributed by atoms with Crippen LogP contribution in [0.4, 0.5) is 10.5 Å². The van der Waals surface area contributed by atoms with Gasteiger partial charge in [-0.25, -0.2) is 4.79 Å². The second-order valence-corrected chi connectivity index (χ2v) is 27.6. The normalized spacial score (nSPS) is 17.8. The van der Waals surface area contributed by atoms with E-state index >= 15 is 0 Å². The quantitative estimate of drug-likeness (QED) is 0.0431.